The minimum Gasteiger partial charge on any atom is -0.509 e. The lowest BCUT2D eigenvalue weighted by Crippen LogP contribution is -2.71. The van der Waals surface area contributed by atoms with E-state index in [2.05, 4.69) is 20.8 Å². The zero-order chi connectivity index (χ0) is 21.8. The van der Waals surface area contributed by atoms with Crippen LogP contribution in [0.15, 0.2) is 22.0 Å². The first-order valence-corrected chi connectivity index (χ1v) is 10.6. The van der Waals surface area contributed by atoms with Gasteiger partial charge < -0.3 is 25.7 Å². The van der Waals surface area contributed by atoms with Crippen molar-refractivity contribution < 1.29 is 34.2 Å². The number of carbonyl (C=O) groups is 4. The summed E-state index contributed by atoms with van der Waals surface area (Å²) in [7, 11) is 0. The molecule has 0 radical (unpaired) electrons. The van der Waals surface area contributed by atoms with Crippen LogP contribution in [0.5, 0.6) is 0 Å². The Hall–Kier alpha value is -3.13. The van der Waals surface area contributed by atoms with Crippen LogP contribution < -0.4 is 10.6 Å². The molecule has 1 aromatic rings. The second kappa shape index (κ2) is 9.13. The molecular weight excluding hydrogens is 438 g/mol. The molecule has 4 N–H and O–H groups in total. The van der Waals surface area contributed by atoms with Gasteiger partial charge in [-0.05, 0) is 6.42 Å². The van der Waals surface area contributed by atoms with E-state index in [-0.39, 0.29) is 28.9 Å². The van der Waals surface area contributed by atoms with E-state index in [9.17, 15) is 29.4 Å². The van der Waals surface area contributed by atoms with Crippen molar-refractivity contribution in [3.63, 3.8) is 0 Å². The van der Waals surface area contributed by atoms with E-state index in [0.717, 1.165) is 28.0 Å². The van der Waals surface area contributed by atoms with E-state index in [1.807, 2.05) is 6.92 Å². The molecular formula is C16H17N5O7S2. The Morgan fingerprint density at radius 1 is 1.50 bits per heavy atom. The van der Waals surface area contributed by atoms with Crippen LogP contribution in [0, 0.1) is 0 Å². The van der Waals surface area contributed by atoms with Gasteiger partial charge >= 0.3 is 5.97 Å². The Morgan fingerprint density at radius 3 is 2.93 bits per heavy atom. The number of anilines is 1. The van der Waals surface area contributed by atoms with E-state index in [0.29, 0.717) is 12.8 Å². The number of hydrogen-bond acceptors (Lipinski definition) is 10. The summed E-state index contributed by atoms with van der Waals surface area (Å²) in [4.78, 5) is 57.3. The minimum absolute atomic E-state index is 0.00415. The number of carbonyl (C=O) groups excluding carboxylic acids is 3. The highest BCUT2D eigenvalue weighted by Crippen LogP contribution is 2.39. The summed E-state index contributed by atoms with van der Waals surface area (Å²) >= 11 is 2.19. The molecule has 12 nitrogen and oxygen atoms in total. The highest BCUT2D eigenvalue weighted by Gasteiger charge is 2.54. The molecule has 0 bridgehead atoms. The summed E-state index contributed by atoms with van der Waals surface area (Å²) in [6, 6.07) is -1.01. The quantitative estimate of drug-likeness (QED) is 0.132. The Kier molecular flexibility index (Phi) is 6.56. The maximum Gasteiger partial charge on any atom is 0.356 e. The lowest BCUT2D eigenvalue weighted by Gasteiger charge is -2.48. The third kappa shape index (κ3) is 4.09. The average molecular weight is 455 g/mol. The lowest BCUT2D eigenvalue weighted by molar-refractivity contribution is -0.150. The number of fused-ring (bicyclic) bond motifs is 1. The number of hydrogen-bond donors (Lipinski definition) is 4. The molecule has 1 unspecified atom stereocenters. The molecule has 0 aliphatic carbocycles. The fraction of sp³-hybridized carbons (Fsp3) is 0.375. The van der Waals surface area contributed by atoms with Gasteiger partial charge in [0.25, 0.3) is 11.8 Å². The Labute approximate surface area is 178 Å². The van der Waals surface area contributed by atoms with Crippen molar-refractivity contribution >= 4 is 58.1 Å². The Bertz CT molecular complexity index is 944. The van der Waals surface area contributed by atoms with Gasteiger partial charge in [0.05, 0.1) is 5.75 Å². The predicted molar refractivity (Wildman–Crippen MR) is 107 cm³/mol. The third-order valence-corrected chi connectivity index (χ3v) is 6.07. The van der Waals surface area contributed by atoms with E-state index >= 15 is 0 Å². The molecule has 3 heterocycles. The van der Waals surface area contributed by atoms with E-state index in [4.69, 9.17) is 4.84 Å². The number of thiazole rings is 1. The molecule has 0 saturated carbocycles. The fourth-order valence-electron chi connectivity index (χ4n) is 2.72. The summed E-state index contributed by atoms with van der Waals surface area (Å²) in [5, 5.41) is 28.8. The summed E-state index contributed by atoms with van der Waals surface area (Å²) in [5.41, 5.74) is -0.539. The SMILES string of the molecule is CCCON=C(C(=O)NC1C(=O)N2C(C(=O)O)=C(O)CS[C@H]12)c1csc(NC=O)n1. The van der Waals surface area contributed by atoms with Gasteiger partial charge in [-0.25, -0.2) is 9.78 Å². The highest BCUT2D eigenvalue weighted by molar-refractivity contribution is 8.00. The molecule has 2 aliphatic heterocycles. The number of nitrogens with one attached hydrogen (secondary N) is 2. The maximum atomic E-state index is 12.8. The van der Waals surface area contributed by atoms with Crippen LogP contribution in [-0.4, -0.2) is 73.8 Å². The number of carboxylic acids is 1. The van der Waals surface area contributed by atoms with Gasteiger partial charge in [0.15, 0.2) is 16.5 Å². The molecule has 0 aromatic carbocycles. The molecule has 1 aromatic heterocycles. The predicted octanol–water partition coefficient (Wildman–Crippen LogP) is 0.0962. The van der Waals surface area contributed by atoms with Gasteiger partial charge in [0.2, 0.25) is 6.41 Å². The first-order chi connectivity index (χ1) is 14.4. The number of nitrogens with zero attached hydrogens (tertiary/aromatic N) is 3. The normalized spacial score (nSPS) is 20.9. The van der Waals surface area contributed by atoms with Crippen molar-refractivity contribution in [2.75, 3.05) is 17.7 Å². The van der Waals surface area contributed by atoms with E-state index < -0.39 is 40.7 Å². The molecule has 160 valence electrons. The van der Waals surface area contributed by atoms with Crippen LogP contribution in [0.25, 0.3) is 0 Å². The number of amides is 3. The smallest absolute Gasteiger partial charge is 0.356 e. The van der Waals surface area contributed by atoms with Crippen molar-refractivity contribution in [1.29, 1.82) is 0 Å². The Balaban J connectivity index is 1.78. The van der Waals surface area contributed by atoms with Crippen molar-refractivity contribution in [2.45, 2.75) is 24.8 Å². The number of thioether (sulfide) groups is 1. The van der Waals surface area contributed by atoms with Gasteiger partial charge in [0.1, 0.15) is 29.5 Å². The molecule has 30 heavy (non-hydrogen) atoms. The summed E-state index contributed by atoms with van der Waals surface area (Å²) in [6.45, 7) is 2.11. The number of aliphatic hydroxyl groups excluding tert-OH is 1. The van der Waals surface area contributed by atoms with Crippen molar-refractivity contribution in [3.05, 3.63) is 22.5 Å². The maximum absolute atomic E-state index is 12.8. The second-order valence-electron chi connectivity index (χ2n) is 6.03. The summed E-state index contributed by atoms with van der Waals surface area (Å²) < 4.78 is 0. The van der Waals surface area contributed by atoms with Gasteiger partial charge in [0, 0.05) is 5.38 Å². The van der Waals surface area contributed by atoms with Crippen LogP contribution in [0.4, 0.5) is 5.13 Å². The Morgan fingerprint density at radius 2 is 2.27 bits per heavy atom. The van der Waals surface area contributed by atoms with Crippen molar-refractivity contribution in [1.82, 2.24) is 15.2 Å². The zero-order valence-electron chi connectivity index (χ0n) is 15.5. The van der Waals surface area contributed by atoms with Gasteiger partial charge in [-0.3, -0.25) is 19.3 Å². The van der Waals surface area contributed by atoms with E-state index in [1.165, 1.54) is 5.38 Å². The zero-order valence-corrected chi connectivity index (χ0v) is 17.2. The van der Waals surface area contributed by atoms with Crippen LogP contribution >= 0.6 is 23.1 Å². The summed E-state index contributed by atoms with van der Waals surface area (Å²) in [6.07, 6.45) is 1.09. The topological polar surface area (TPSA) is 171 Å². The lowest BCUT2D eigenvalue weighted by atomic mass is 10.0. The number of carboxylic acid groups (broad SMARTS) is 1. The van der Waals surface area contributed by atoms with Gasteiger partial charge in [-0.2, -0.15) is 0 Å². The molecule has 3 rings (SSSR count). The molecule has 0 spiro atoms. The van der Waals surface area contributed by atoms with Crippen molar-refractivity contribution in [2.24, 2.45) is 5.16 Å². The minimum atomic E-state index is -1.43. The fourth-order valence-corrected chi connectivity index (χ4v) is 4.57. The second-order valence-corrected chi connectivity index (χ2v) is 8.00. The third-order valence-electron chi connectivity index (χ3n) is 4.03. The largest absolute Gasteiger partial charge is 0.509 e. The average Bonchev–Trinajstić information content (AvgIpc) is 3.17. The number of oxime groups is 1. The highest BCUT2D eigenvalue weighted by atomic mass is 32.2. The van der Waals surface area contributed by atoms with E-state index in [1.54, 1.807) is 0 Å². The first-order valence-electron chi connectivity index (χ1n) is 8.66. The van der Waals surface area contributed by atoms with Gasteiger partial charge in [-0.15, -0.1) is 23.1 Å². The number of aliphatic carboxylic acids is 1. The van der Waals surface area contributed by atoms with Crippen LogP contribution in [-0.2, 0) is 24.0 Å². The molecule has 2 aliphatic rings. The van der Waals surface area contributed by atoms with Gasteiger partial charge in [-0.1, -0.05) is 12.1 Å². The molecule has 3 amide bonds. The van der Waals surface area contributed by atoms with Crippen LogP contribution in [0.2, 0.25) is 0 Å². The first kappa shape index (κ1) is 21.6. The molecule has 2 atom stereocenters. The number of rotatable bonds is 9. The molecule has 1 saturated heterocycles. The number of aromatic nitrogens is 1. The number of aliphatic hydroxyl groups is 1. The standard InChI is InChI=1S/C16H17N5O7S2/c1-2-3-28-20-9(7-4-30-16(18-7)17-6-22)12(24)19-10-13(25)21-11(15(26)27)8(23)5-29-14(10)21/h4,6,10,14,23H,2-3,5H2,1H3,(H,19,24)(H,26,27)(H,17,18,22)/t10?,14-/m1/s1. The van der Waals surface area contributed by atoms with Crippen LogP contribution in [0.3, 0.4) is 0 Å². The number of β-lactam (4-membered cyclic amide) rings is 1. The van der Waals surface area contributed by atoms with Crippen molar-refractivity contribution in [3.8, 4) is 0 Å². The summed E-state index contributed by atoms with van der Waals surface area (Å²) in [5.74, 6) is -3.25. The van der Waals surface area contributed by atoms with Crippen LogP contribution in [0.1, 0.15) is 19.0 Å². The molecule has 1 fully saturated rings. The monoisotopic (exact) mass is 455 g/mol. The molecule has 14 heteroatoms.